The third kappa shape index (κ3) is 4.23. The fourth-order valence-corrected chi connectivity index (χ4v) is 2.38. The standard InChI is InChI=1S/C14H29NO2/c1-4-13(5-2,12-16)10-15-11-14(6-7-14)8-9-17-3/h15-16H,4-12H2,1-3H3. The van der Waals surface area contributed by atoms with Gasteiger partial charge in [-0.25, -0.2) is 0 Å². The molecule has 0 spiro atoms. The largest absolute Gasteiger partial charge is 0.396 e. The van der Waals surface area contributed by atoms with Crippen LogP contribution in [0.15, 0.2) is 0 Å². The molecule has 2 N–H and O–H groups in total. The molecular weight excluding hydrogens is 214 g/mol. The molecule has 0 radical (unpaired) electrons. The Hall–Kier alpha value is -0.120. The van der Waals surface area contributed by atoms with E-state index in [0.29, 0.717) is 5.41 Å². The lowest BCUT2D eigenvalue weighted by atomic mass is 9.83. The molecule has 1 saturated carbocycles. The lowest BCUT2D eigenvalue weighted by Gasteiger charge is -2.30. The van der Waals surface area contributed by atoms with Crippen molar-refractivity contribution in [2.45, 2.75) is 46.0 Å². The quantitative estimate of drug-likeness (QED) is 0.618. The maximum absolute atomic E-state index is 9.50. The van der Waals surface area contributed by atoms with Crippen molar-refractivity contribution in [2.24, 2.45) is 10.8 Å². The highest BCUT2D eigenvalue weighted by atomic mass is 16.5. The van der Waals surface area contributed by atoms with Crippen molar-refractivity contribution in [3.8, 4) is 0 Å². The van der Waals surface area contributed by atoms with Gasteiger partial charge in [0.1, 0.15) is 0 Å². The van der Waals surface area contributed by atoms with Crippen molar-refractivity contribution in [3.05, 3.63) is 0 Å². The van der Waals surface area contributed by atoms with Crippen LogP contribution in [0.5, 0.6) is 0 Å². The third-order valence-corrected chi connectivity index (χ3v) is 4.63. The van der Waals surface area contributed by atoms with Gasteiger partial charge >= 0.3 is 0 Å². The summed E-state index contributed by atoms with van der Waals surface area (Å²) in [6.45, 7) is 7.51. The summed E-state index contributed by atoms with van der Waals surface area (Å²) in [4.78, 5) is 0. The van der Waals surface area contributed by atoms with Gasteiger partial charge in [0, 0.05) is 38.8 Å². The molecule has 0 aromatic heterocycles. The molecule has 17 heavy (non-hydrogen) atoms. The summed E-state index contributed by atoms with van der Waals surface area (Å²) in [5.41, 5.74) is 0.579. The van der Waals surface area contributed by atoms with Gasteiger partial charge in [-0.1, -0.05) is 13.8 Å². The summed E-state index contributed by atoms with van der Waals surface area (Å²) >= 11 is 0. The maximum atomic E-state index is 9.50. The predicted molar refractivity (Wildman–Crippen MR) is 71.1 cm³/mol. The van der Waals surface area contributed by atoms with Crippen LogP contribution in [0.3, 0.4) is 0 Å². The van der Waals surface area contributed by atoms with Crippen LogP contribution >= 0.6 is 0 Å². The van der Waals surface area contributed by atoms with E-state index in [-0.39, 0.29) is 12.0 Å². The summed E-state index contributed by atoms with van der Waals surface area (Å²) in [6.07, 6.45) is 5.90. The molecule has 0 unspecified atom stereocenters. The number of hydrogen-bond donors (Lipinski definition) is 2. The molecule has 0 atom stereocenters. The van der Waals surface area contributed by atoms with Crippen molar-refractivity contribution >= 4 is 0 Å². The summed E-state index contributed by atoms with van der Waals surface area (Å²) in [7, 11) is 1.77. The molecule has 0 saturated heterocycles. The average molecular weight is 243 g/mol. The first-order valence-corrected chi connectivity index (χ1v) is 6.96. The molecule has 0 amide bonds. The molecule has 1 fully saturated rings. The number of nitrogens with one attached hydrogen (secondary N) is 1. The van der Waals surface area contributed by atoms with Gasteiger partial charge in [0.05, 0.1) is 0 Å². The third-order valence-electron chi connectivity index (χ3n) is 4.63. The van der Waals surface area contributed by atoms with Gasteiger partial charge < -0.3 is 15.2 Å². The van der Waals surface area contributed by atoms with E-state index in [1.807, 2.05) is 0 Å². The van der Waals surface area contributed by atoms with Crippen LogP contribution in [-0.2, 0) is 4.74 Å². The van der Waals surface area contributed by atoms with Gasteiger partial charge in [0.2, 0.25) is 0 Å². The minimum Gasteiger partial charge on any atom is -0.396 e. The van der Waals surface area contributed by atoms with Gasteiger partial charge in [0.25, 0.3) is 0 Å². The molecule has 1 rings (SSSR count). The molecule has 0 aromatic rings. The Morgan fingerprint density at radius 1 is 1.29 bits per heavy atom. The van der Waals surface area contributed by atoms with Crippen LogP contribution < -0.4 is 5.32 Å². The molecule has 1 aliphatic rings. The first-order chi connectivity index (χ1) is 8.16. The zero-order valence-electron chi connectivity index (χ0n) is 11.7. The Kier molecular flexibility index (Phi) is 5.90. The SMILES string of the molecule is CCC(CC)(CO)CNCC1(CCOC)CC1. The highest BCUT2D eigenvalue weighted by Gasteiger charge is 2.41. The Balaban J connectivity index is 2.26. The summed E-state index contributed by atoms with van der Waals surface area (Å²) in [5, 5.41) is 13.1. The molecule has 3 nitrogen and oxygen atoms in total. The van der Waals surface area contributed by atoms with E-state index in [1.54, 1.807) is 7.11 Å². The highest BCUT2D eigenvalue weighted by molar-refractivity contribution is 4.95. The second-order valence-corrected chi connectivity index (χ2v) is 5.71. The number of hydrogen-bond acceptors (Lipinski definition) is 3. The van der Waals surface area contributed by atoms with Crippen molar-refractivity contribution in [1.29, 1.82) is 0 Å². The lowest BCUT2D eigenvalue weighted by molar-refractivity contribution is 0.109. The Morgan fingerprint density at radius 2 is 1.94 bits per heavy atom. The summed E-state index contributed by atoms with van der Waals surface area (Å²) in [5.74, 6) is 0. The van der Waals surface area contributed by atoms with Crippen molar-refractivity contribution in [1.82, 2.24) is 5.32 Å². The molecule has 0 aliphatic heterocycles. The van der Waals surface area contributed by atoms with Gasteiger partial charge in [-0.2, -0.15) is 0 Å². The van der Waals surface area contributed by atoms with Crippen molar-refractivity contribution in [3.63, 3.8) is 0 Å². The maximum Gasteiger partial charge on any atom is 0.0499 e. The molecule has 0 bridgehead atoms. The van der Waals surface area contributed by atoms with Crippen molar-refractivity contribution < 1.29 is 9.84 Å². The van der Waals surface area contributed by atoms with Crippen LogP contribution in [0.25, 0.3) is 0 Å². The van der Waals surface area contributed by atoms with E-state index < -0.39 is 0 Å². The van der Waals surface area contributed by atoms with E-state index in [9.17, 15) is 5.11 Å². The van der Waals surface area contributed by atoms with Crippen LogP contribution in [0, 0.1) is 10.8 Å². The zero-order valence-corrected chi connectivity index (χ0v) is 11.7. The number of rotatable bonds is 10. The summed E-state index contributed by atoms with van der Waals surface area (Å²) in [6, 6.07) is 0. The van der Waals surface area contributed by atoms with Gasteiger partial charge in [-0.3, -0.25) is 0 Å². The molecular formula is C14H29NO2. The second-order valence-electron chi connectivity index (χ2n) is 5.71. The van der Waals surface area contributed by atoms with Crippen LogP contribution in [-0.4, -0.2) is 38.5 Å². The molecule has 0 heterocycles. The first kappa shape index (κ1) is 14.9. The zero-order chi connectivity index (χ0) is 12.8. The predicted octanol–water partition coefficient (Wildman–Crippen LogP) is 2.19. The first-order valence-electron chi connectivity index (χ1n) is 6.96. The number of aliphatic hydroxyl groups excluding tert-OH is 1. The van der Waals surface area contributed by atoms with Crippen molar-refractivity contribution in [2.75, 3.05) is 33.4 Å². The average Bonchev–Trinajstić information content (AvgIpc) is 3.13. The van der Waals surface area contributed by atoms with Gasteiger partial charge in [0.15, 0.2) is 0 Å². The Labute approximate surface area is 106 Å². The normalized spacial score (nSPS) is 18.4. The van der Waals surface area contributed by atoms with Gasteiger partial charge in [-0.15, -0.1) is 0 Å². The fourth-order valence-electron chi connectivity index (χ4n) is 2.38. The second kappa shape index (κ2) is 6.72. The minimum absolute atomic E-state index is 0.0807. The Bertz CT molecular complexity index is 202. The van der Waals surface area contributed by atoms with Gasteiger partial charge in [-0.05, 0) is 37.5 Å². The fraction of sp³-hybridized carbons (Fsp3) is 1.00. The van der Waals surface area contributed by atoms with E-state index in [1.165, 1.54) is 19.3 Å². The number of aliphatic hydroxyl groups is 1. The lowest BCUT2D eigenvalue weighted by Crippen LogP contribution is -2.39. The Morgan fingerprint density at radius 3 is 2.35 bits per heavy atom. The number of methoxy groups -OCH3 is 1. The summed E-state index contributed by atoms with van der Waals surface area (Å²) < 4.78 is 5.16. The molecule has 3 heteroatoms. The van der Waals surface area contributed by atoms with Crippen LogP contribution in [0.1, 0.15) is 46.0 Å². The molecule has 0 aromatic carbocycles. The molecule has 102 valence electrons. The van der Waals surface area contributed by atoms with E-state index in [4.69, 9.17) is 4.74 Å². The highest BCUT2D eigenvalue weighted by Crippen LogP contribution is 2.48. The van der Waals surface area contributed by atoms with Crippen LogP contribution in [0.4, 0.5) is 0 Å². The molecule has 1 aliphatic carbocycles. The minimum atomic E-state index is 0.0807. The van der Waals surface area contributed by atoms with E-state index >= 15 is 0 Å². The number of ether oxygens (including phenoxy) is 1. The van der Waals surface area contributed by atoms with Crippen LogP contribution in [0.2, 0.25) is 0 Å². The monoisotopic (exact) mass is 243 g/mol. The van der Waals surface area contributed by atoms with E-state index in [2.05, 4.69) is 19.2 Å². The smallest absolute Gasteiger partial charge is 0.0499 e. The van der Waals surface area contributed by atoms with E-state index in [0.717, 1.165) is 32.5 Å². The topological polar surface area (TPSA) is 41.5 Å².